The summed E-state index contributed by atoms with van der Waals surface area (Å²) in [5.41, 5.74) is 5.15. The van der Waals surface area contributed by atoms with Gasteiger partial charge in [-0.2, -0.15) is 5.10 Å². The van der Waals surface area contributed by atoms with Crippen LogP contribution in [0.2, 0.25) is 0 Å². The standard InChI is InChI=1S/C22H26N4O3/c1-14-18(15(2)29-25-14)11-12-22(27)24-20-5-4-6-21-19(20)13-23-26(21)16-7-9-17(28-3)10-8-16/h7-10,13,20H,4-6,11-12H2,1-3H3,(H,24,27)/t20-/m1/s1. The van der Waals surface area contributed by atoms with Gasteiger partial charge in [0.15, 0.2) is 0 Å². The fourth-order valence-corrected chi connectivity index (χ4v) is 4.02. The molecule has 3 aromatic rings. The lowest BCUT2D eigenvalue weighted by Crippen LogP contribution is -2.31. The summed E-state index contributed by atoms with van der Waals surface area (Å²) in [4.78, 5) is 12.6. The maximum absolute atomic E-state index is 12.6. The van der Waals surface area contributed by atoms with Gasteiger partial charge < -0.3 is 14.6 Å². The monoisotopic (exact) mass is 394 g/mol. The van der Waals surface area contributed by atoms with E-state index in [0.717, 1.165) is 59.0 Å². The summed E-state index contributed by atoms with van der Waals surface area (Å²) in [6.07, 6.45) is 5.84. The first kappa shape index (κ1) is 19.2. The molecule has 152 valence electrons. The number of nitrogens with zero attached hydrogens (tertiary/aromatic N) is 3. The molecule has 0 spiro atoms. The molecule has 7 nitrogen and oxygen atoms in total. The fourth-order valence-electron chi connectivity index (χ4n) is 4.02. The predicted octanol–water partition coefficient (Wildman–Crippen LogP) is 3.61. The van der Waals surface area contributed by atoms with E-state index < -0.39 is 0 Å². The molecule has 1 atom stereocenters. The van der Waals surface area contributed by atoms with Crippen LogP contribution in [0.5, 0.6) is 5.75 Å². The summed E-state index contributed by atoms with van der Waals surface area (Å²) < 4.78 is 12.4. The minimum Gasteiger partial charge on any atom is -0.497 e. The number of hydrogen-bond acceptors (Lipinski definition) is 5. The lowest BCUT2D eigenvalue weighted by Gasteiger charge is -2.24. The average molecular weight is 394 g/mol. The number of amides is 1. The van der Waals surface area contributed by atoms with Gasteiger partial charge in [-0.1, -0.05) is 5.16 Å². The number of hydrogen-bond donors (Lipinski definition) is 1. The van der Waals surface area contributed by atoms with E-state index in [1.165, 1.54) is 0 Å². The third-order valence-electron chi connectivity index (χ3n) is 5.62. The molecule has 4 rings (SSSR count). The number of rotatable bonds is 6. The number of fused-ring (bicyclic) bond motifs is 1. The maximum atomic E-state index is 12.6. The van der Waals surface area contributed by atoms with Crippen LogP contribution in [-0.4, -0.2) is 28.0 Å². The summed E-state index contributed by atoms with van der Waals surface area (Å²) in [7, 11) is 1.66. The summed E-state index contributed by atoms with van der Waals surface area (Å²) in [5.74, 6) is 1.65. The molecule has 0 aliphatic heterocycles. The van der Waals surface area contributed by atoms with Crippen molar-refractivity contribution in [1.82, 2.24) is 20.3 Å². The van der Waals surface area contributed by atoms with Crippen LogP contribution in [-0.2, 0) is 17.6 Å². The SMILES string of the molecule is COc1ccc(-n2ncc3c2CCC[C@H]3NC(=O)CCc2c(C)noc2C)cc1. The van der Waals surface area contributed by atoms with Crippen molar-refractivity contribution in [3.05, 3.63) is 58.7 Å². The van der Waals surface area contributed by atoms with Crippen LogP contribution in [0.3, 0.4) is 0 Å². The molecule has 0 fully saturated rings. The Morgan fingerprint density at radius 2 is 2.10 bits per heavy atom. The second kappa shape index (κ2) is 8.11. The van der Waals surface area contributed by atoms with Gasteiger partial charge in [0.1, 0.15) is 11.5 Å². The van der Waals surface area contributed by atoms with E-state index in [9.17, 15) is 4.79 Å². The second-order valence-electron chi connectivity index (χ2n) is 7.47. The van der Waals surface area contributed by atoms with Crippen LogP contribution in [0.1, 0.15) is 53.6 Å². The molecule has 1 N–H and O–H groups in total. The van der Waals surface area contributed by atoms with E-state index >= 15 is 0 Å². The predicted molar refractivity (Wildman–Crippen MR) is 108 cm³/mol. The number of carbonyl (C=O) groups excluding carboxylic acids is 1. The summed E-state index contributed by atoms with van der Waals surface area (Å²) in [6, 6.07) is 7.86. The molecule has 1 aliphatic carbocycles. The molecule has 29 heavy (non-hydrogen) atoms. The maximum Gasteiger partial charge on any atom is 0.220 e. The first-order valence-electron chi connectivity index (χ1n) is 9.99. The van der Waals surface area contributed by atoms with Crippen molar-refractivity contribution in [2.75, 3.05) is 7.11 Å². The molecule has 0 saturated carbocycles. The smallest absolute Gasteiger partial charge is 0.220 e. The van der Waals surface area contributed by atoms with Crippen molar-refractivity contribution in [1.29, 1.82) is 0 Å². The van der Waals surface area contributed by atoms with Gasteiger partial charge in [0.2, 0.25) is 5.91 Å². The molecule has 0 radical (unpaired) electrons. The molecule has 7 heteroatoms. The van der Waals surface area contributed by atoms with Crippen LogP contribution >= 0.6 is 0 Å². The molecule has 1 aromatic carbocycles. The number of ether oxygens (including phenoxy) is 1. The van der Waals surface area contributed by atoms with Crippen molar-refractivity contribution >= 4 is 5.91 Å². The van der Waals surface area contributed by atoms with E-state index in [4.69, 9.17) is 9.26 Å². The van der Waals surface area contributed by atoms with E-state index in [-0.39, 0.29) is 11.9 Å². The molecule has 0 bridgehead atoms. The zero-order valence-electron chi connectivity index (χ0n) is 17.1. The van der Waals surface area contributed by atoms with Gasteiger partial charge >= 0.3 is 0 Å². The Bertz CT molecular complexity index is 984. The van der Waals surface area contributed by atoms with Crippen molar-refractivity contribution in [2.45, 2.75) is 52.0 Å². The van der Waals surface area contributed by atoms with Crippen molar-refractivity contribution in [3.8, 4) is 11.4 Å². The Balaban J connectivity index is 1.46. The third kappa shape index (κ3) is 3.90. The van der Waals surface area contributed by atoms with Crippen molar-refractivity contribution < 1.29 is 14.1 Å². The van der Waals surface area contributed by atoms with Gasteiger partial charge in [0.05, 0.1) is 30.7 Å². The number of benzene rings is 1. The Morgan fingerprint density at radius 3 is 2.79 bits per heavy atom. The van der Waals surface area contributed by atoms with Gasteiger partial charge in [-0.05, 0) is 63.8 Å². The van der Waals surface area contributed by atoms with Gasteiger partial charge in [-0.15, -0.1) is 0 Å². The third-order valence-corrected chi connectivity index (χ3v) is 5.62. The van der Waals surface area contributed by atoms with Crippen molar-refractivity contribution in [2.24, 2.45) is 0 Å². The Kier molecular flexibility index (Phi) is 5.38. The highest BCUT2D eigenvalue weighted by Gasteiger charge is 2.26. The number of aryl methyl sites for hydroxylation is 2. The number of nitrogens with one attached hydrogen (secondary N) is 1. The van der Waals surface area contributed by atoms with E-state index in [0.29, 0.717) is 12.8 Å². The van der Waals surface area contributed by atoms with E-state index in [2.05, 4.69) is 15.6 Å². The zero-order chi connectivity index (χ0) is 20.4. The topological polar surface area (TPSA) is 82.2 Å². The van der Waals surface area contributed by atoms with Crippen LogP contribution in [0.25, 0.3) is 5.69 Å². The van der Waals surface area contributed by atoms with Crippen LogP contribution in [0.4, 0.5) is 0 Å². The minimum atomic E-state index is 0.00270. The molecule has 1 aliphatic rings. The summed E-state index contributed by atoms with van der Waals surface area (Å²) in [6.45, 7) is 3.79. The zero-order valence-corrected chi connectivity index (χ0v) is 17.1. The molecule has 2 heterocycles. The van der Waals surface area contributed by atoms with E-state index in [1.54, 1.807) is 7.11 Å². The average Bonchev–Trinajstić information content (AvgIpc) is 3.30. The molecule has 0 unspecified atom stereocenters. The first-order chi connectivity index (χ1) is 14.1. The van der Waals surface area contributed by atoms with Crippen LogP contribution < -0.4 is 10.1 Å². The normalized spacial score (nSPS) is 15.8. The number of carbonyl (C=O) groups is 1. The molecular weight excluding hydrogens is 368 g/mol. The van der Waals surface area contributed by atoms with Gasteiger partial charge in [-0.25, -0.2) is 4.68 Å². The van der Waals surface area contributed by atoms with Crippen molar-refractivity contribution in [3.63, 3.8) is 0 Å². The van der Waals surface area contributed by atoms with Gasteiger partial charge in [0, 0.05) is 23.2 Å². The second-order valence-corrected chi connectivity index (χ2v) is 7.47. The fraction of sp³-hybridized carbons (Fsp3) is 0.409. The first-order valence-corrected chi connectivity index (χ1v) is 9.99. The molecular formula is C22H26N4O3. The summed E-state index contributed by atoms with van der Waals surface area (Å²) >= 11 is 0. The number of methoxy groups -OCH3 is 1. The lowest BCUT2D eigenvalue weighted by atomic mass is 9.92. The Morgan fingerprint density at radius 1 is 1.31 bits per heavy atom. The quantitative estimate of drug-likeness (QED) is 0.691. The largest absolute Gasteiger partial charge is 0.497 e. The molecule has 0 saturated heterocycles. The van der Waals surface area contributed by atoms with Gasteiger partial charge in [0.25, 0.3) is 0 Å². The van der Waals surface area contributed by atoms with Crippen LogP contribution in [0, 0.1) is 13.8 Å². The lowest BCUT2D eigenvalue weighted by molar-refractivity contribution is -0.121. The highest BCUT2D eigenvalue weighted by atomic mass is 16.5. The van der Waals surface area contributed by atoms with Crippen LogP contribution in [0.15, 0.2) is 35.0 Å². The highest BCUT2D eigenvalue weighted by Crippen LogP contribution is 2.31. The Hall–Kier alpha value is -3.09. The summed E-state index contributed by atoms with van der Waals surface area (Å²) in [5, 5.41) is 11.7. The molecule has 2 aromatic heterocycles. The van der Waals surface area contributed by atoms with E-state index in [1.807, 2.05) is 49.0 Å². The molecule has 1 amide bonds. The minimum absolute atomic E-state index is 0.00270. The Labute approximate surface area is 170 Å². The number of aromatic nitrogens is 3. The van der Waals surface area contributed by atoms with Gasteiger partial charge in [-0.3, -0.25) is 4.79 Å². The highest BCUT2D eigenvalue weighted by molar-refractivity contribution is 5.76.